The van der Waals surface area contributed by atoms with Crippen molar-refractivity contribution < 1.29 is 14.4 Å². The number of nitrogens with zero attached hydrogens (tertiary/aromatic N) is 1. The van der Waals surface area contributed by atoms with E-state index in [0.29, 0.717) is 18.0 Å². The number of hydrogen-bond acceptors (Lipinski definition) is 4. The summed E-state index contributed by atoms with van der Waals surface area (Å²) < 4.78 is 3.32. The molecule has 110 valence electrons. The van der Waals surface area contributed by atoms with Crippen molar-refractivity contribution in [1.29, 1.82) is 0 Å². The first kappa shape index (κ1) is 16.7. The second kappa shape index (κ2) is 7.42. The van der Waals surface area contributed by atoms with E-state index >= 15 is 0 Å². The first-order valence-corrected chi connectivity index (χ1v) is 6.58. The van der Waals surface area contributed by atoms with Crippen LogP contribution in [0, 0.1) is 0 Å². The van der Waals surface area contributed by atoms with Gasteiger partial charge < -0.3 is 10.5 Å². The van der Waals surface area contributed by atoms with E-state index in [0.717, 1.165) is 0 Å². The van der Waals surface area contributed by atoms with Crippen LogP contribution in [-0.4, -0.2) is 22.3 Å². The zero-order valence-corrected chi connectivity index (χ0v) is 12.7. The molecule has 0 heterocycles. The molecule has 0 aromatic heterocycles. The van der Waals surface area contributed by atoms with E-state index in [1.165, 1.54) is 0 Å². The molecule has 20 heavy (non-hydrogen) atoms. The topological polar surface area (TPSA) is 85.9 Å². The number of carbonyl (C=O) groups excluding carboxylic acids is 1. The Bertz CT molecular complexity index is 486. The predicted molar refractivity (Wildman–Crippen MR) is 79.6 cm³/mol. The van der Waals surface area contributed by atoms with E-state index in [-0.39, 0.29) is 0 Å². The lowest BCUT2D eigenvalue weighted by Gasteiger charge is -2.09. The summed E-state index contributed by atoms with van der Waals surface area (Å²) in [4.78, 5) is 15.8. The van der Waals surface area contributed by atoms with Gasteiger partial charge in [-0.2, -0.15) is 0 Å². The second-order valence-corrected chi connectivity index (χ2v) is 5.72. The van der Waals surface area contributed by atoms with Crippen molar-refractivity contribution in [3.8, 4) is 5.75 Å². The Morgan fingerprint density at radius 2 is 1.95 bits per heavy atom. The molecule has 0 atom stereocenters. The number of alkyl halides is 3. The zero-order chi connectivity index (χ0) is 15.2. The molecular formula is C11H12Cl3N3O3. The van der Waals surface area contributed by atoms with Gasteiger partial charge in [-0.05, 0) is 31.2 Å². The lowest BCUT2D eigenvalue weighted by Crippen LogP contribution is -2.29. The number of amides is 1. The monoisotopic (exact) mass is 339 g/mol. The highest BCUT2D eigenvalue weighted by Crippen LogP contribution is 2.25. The Kier molecular flexibility index (Phi) is 6.19. The van der Waals surface area contributed by atoms with Gasteiger partial charge in [-0.15, -0.1) is 0 Å². The molecule has 0 saturated carbocycles. The van der Waals surface area contributed by atoms with E-state index in [4.69, 9.17) is 45.3 Å². The number of nitrogens with one attached hydrogen (secondary N) is 1. The van der Waals surface area contributed by atoms with Crippen LogP contribution < -0.4 is 15.8 Å². The molecule has 1 aromatic rings. The molecule has 0 unspecified atom stereocenters. The molecule has 1 rings (SSSR count). The SMILES string of the molecule is CCOc1ccc(NC(=O)O/N=C(/N)C(Cl)(Cl)Cl)cc1. The first-order valence-electron chi connectivity index (χ1n) is 5.44. The van der Waals surface area contributed by atoms with Crippen LogP contribution in [0.5, 0.6) is 5.75 Å². The van der Waals surface area contributed by atoms with E-state index < -0.39 is 15.7 Å². The van der Waals surface area contributed by atoms with Crippen LogP contribution >= 0.6 is 34.8 Å². The first-order chi connectivity index (χ1) is 9.32. The molecular weight excluding hydrogens is 328 g/mol. The number of ether oxygens (including phenoxy) is 1. The molecule has 0 fully saturated rings. The summed E-state index contributed by atoms with van der Waals surface area (Å²) >= 11 is 16.3. The number of halogens is 3. The number of benzene rings is 1. The van der Waals surface area contributed by atoms with Crippen molar-refractivity contribution >= 4 is 52.4 Å². The Hall–Kier alpha value is -1.37. The van der Waals surface area contributed by atoms with E-state index in [2.05, 4.69) is 15.3 Å². The van der Waals surface area contributed by atoms with Gasteiger partial charge >= 0.3 is 6.09 Å². The molecule has 3 N–H and O–H groups in total. The zero-order valence-electron chi connectivity index (χ0n) is 10.4. The summed E-state index contributed by atoms with van der Waals surface area (Å²) in [7, 11) is 0. The average Bonchev–Trinajstić information content (AvgIpc) is 2.37. The van der Waals surface area contributed by atoms with Crippen molar-refractivity contribution in [2.24, 2.45) is 10.9 Å². The summed E-state index contributed by atoms with van der Waals surface area (Å²) in [6.07, 6.45) is -0.869. The maximum absolute atomic E-state index is 11.4. The van der Waals surface area contributed by atoms with Gasteiger partial charge in [-0.3, -0.25) is 10.2 Å². The van der Waals surface area contributed by atoms with Gasteiger partial charge in [0.15, 0.2) is 5.84 Å². The van der Waals surface area contributed by atoms with Gasteiger partial charge in [0, 0.05) is 5.69 Å². The fraction of sp³-hybridized carbons (Fsp3) is 0.273. The third-order valence-electron chi connectivity index (χ3n) is 1.93. The van der Waals surface area contributed by atoms with Crippen LogP contribution in [-0.2, 0) is 4.84 Å². The van der Waals surface area contributed by atoms with Gasteiger partial charge in [-0.25, -0.2) is 4.79 Å². The molecule has 6 nitrogen and oxygen atoms in total. The molecule has 0 radical (unpaired) electrons. The fourth-order valence-electron chi connectivity index (χ4n) is 1.08. The van der Waals surface area contributed by atoms with Crippen LogP contribution in [0.15, 0.2) is 29.4 Å². The summed E-state index contributed by atoms with van der Waals surface area (Å²) in [5, 5.41) is 5.61. The molecule has 0 spiro atoms. The Morgan fingerprint density at radius 3 is 2.45 bits per heavy atom. The maximum Gasteiger partial charge on any atom is 0.437 e. The molecule has 0 aliphatic heterocycles. The minimum atomic E-state index is -1.93. The Morgan fingerprint density at radius 1 is 1.35 bits per heavy atom. The van der Waals surface area contributed by atoms with Crippen molar-refractivity contribution in [2.45, 2.75) is 10.7 Å². The lowest BCUT2D eigenvalue weighted by molar-refractivity contribution is 0.166. The van der Waals surface area contributed by atoms with E-state index in [1.807, 2.05) is 6.92 Å². The number of hydrogen-bond donors (Lipinski definition) is 2. The quantitative estimate of drug-likeness (QED) is 0.289. The summed E-state index contributed by atoms with van der Waals surface area (Å²) in [5.74, 6) is 0.231. The molecule has 1 aromatic carbocycles. The summed E-state index contributed by atoms with van der Waals surface area (Å²) in [5.41, 5.74) is 5.77. The normalized spacial score (nSPS) is 11.9. The largest absolute Gasteiger partial charge is 0.494 e. The van der Waals surface area contributed by atoms with Gasteiger partial charge in [0.25, 0.3) is 3.79 Å². The third-order valence-corrected chi connectivity index (χ3v) is 2.51. The molecule has 0 aliphatic rings. The van der Waals surface area contributed by atoms with Crippen LogP contribution in [0.4, 0.5) is 10.5 Å². The number of rotatable bonds is 4. The van der Waals surface area contributed by atoms with Gasteiger partial charge in [0.2, 0.25) is 0 Å². The van der Waals surface area contributed by atoms with E-state index in [9.17, 15) is 4.79 Å². The average molecular weight is 341 g/mol. The Labute approximate surface area is 130 Å². The molecule has 1 amide bonds. The third kappa shape index (κ3) is 5.73. The van der Waals surface area contributed by atoms with Crippen LogP contribution in [0.1, 0.15) is 6.92 Å². The van der Waals surface area contributed by atoms with Gasteiger partial charge in [-0.1, -0.05) is 40.0 Å². The van der Waals surface area contributed by atoms with Crippen molar-refractivity contribution in [3.63, 3.8) is 0 Å². The number of nitrogens with two attached hydrogens (primary N) is 1. The maximum atomic E-state index is 11.4. The Balaban J connectivity index is 2.54. The summed E-state index contributed by atoms with van der Waals surface area (Å²) in [6.45, 7) is 2.43. The highest BCUT2D eigenvalue weighted by atomic mass is 35.6. The standard InChI is InChI=1S/C11H12Cl3N3O3/c1-2-19-8-5-3-7(4-6-8)16-10(18)20-17-9(15)11(12,13)14/h3-6H,2H2,1H3,(H2,15,17)(H,16,18). The van der Waals surface area contributed by atoms with Crippen LogP contribution in [0.25, 0.3) is 0 Å². The predicted octanol–water partition coefficient (Wildman–Crippen LogP) is 3.28. The van der Waals surface area contributed by atoms with Crippen LogP contribution in [0.2, 0.25) is 0 Å². The smallest absolute Gasteiger partial charge is 0.437 e. The van der Waals surface area contributed by atoms with Gasteiger partial charge in [0.05, 0.1) is 6.61 Å². The fourth-order valence-corrected chi connectivity index (χ4v) is 1.19. The van der Waals surface area contributed by atoms with Gasteiger partial charge in [0.1, 0.15) is 5.75 Å². The molecule has 0 saturated heterocycles. The minimum absolute atomic E-state index is 0.454. The molecule has 0 bridgehead atoms. The van der Waals surface area contributed by atoms with Crippen molar-refractivity contribution in [3.05, 3.63) is 24.3 Å². The van der Waals surface area contributed by atoms with E-state index in [1.54, 1.807) is 24.3 Å². The highest BCUT2D eigenvalue weighted by molar-refractivity contribution is 6.76. The number of oxime groups is 1. The minimum Gasteiger partial charge on any atom is -0.494 e. The van der Waals surface area contributed by atoms with Crippen molar-refractivity contribution in [2.75, 3.05) is 11.9 Å². The lowest BCUT2D eigenvalue weighted by atomic mass is 10.3. The van der Waals surface area contributed by atoms with Crippen LogP contribution in [0.3, 0.4) is 0 Å². The van der Waals surface area contributed by atoms with Crippen molar-refractivity contribution in [1.82, 2.24) is 0 Å². The molecule has 0 aliphatic carbocycles. The summed E-state index contributed by atoms with van der Waals surface area (Å²) in [6, 6.07) is 6.65. The number of carbonyl (C=O) groups is 1. The molecule has 9 heteroatoms. The second-order valence-electron chi connectivity index (χ2n) is 3.44. The highest BCUT2D eigenvalue weighted by Gasteiger charge is 2.26. The number of amidine groups is 1. The number of anilines is 1.